The molecular formula is C24H34N2O. The molecule has 2 N–H and O–H groups in total. The number of anilines is 1. The maximum absolute atomic E-state index is 6.09. The molecule has 2 aromatic rings. The smallest absolute Gasteiger partial charge is 0.0523 e. The van der Waals surface area contributed by atoms with Gasteiger partial charge in [0.25, 0.3) is 0 Å². The van der Waals surface area contributed by atoms with Gasteiger partial charge in [0.05, 0.1) is 6.61 Å². The van der Waals surface area contributed by atoms with Crippen molar-refractivity contribution in [2.45, 2.75) is 39.0 Å². The van der Waals surface area contributed by atoms with Crippen molar-refractivity contribution in [2.24, 2.45) is 5.41 Å². The summed E-state index contributed by atoms with van der Waals surface area (Å²) >= 11 is 0. The Kier molecular flexibility index (Phi) is 7.31. The number of benzene rings is 2. The van der Waals surface area contributed by atoms with Crippen LogP contribution in [0.3, 0.4) is 0 Å². The third-order valence-electron chi connectivity index (χ3n) is 6.07. The Morgan fingerprint density at radius 2 is 1.67 bits per heavy atom. The molecule has 3 heteroatoms. The van der Waals surface area contributed by atoms with Crippen molar-refractivity contribution in [3.8, 4) is 0 Å². The van der Waals surface area contributed by atoms with Crippen molar-refractivity contribution in [3.05, 3.63) is 65.7 Å². The number of nitrogens with zero attached hydrogens (tertiary/aromatic N) is 1. The summed E-state index contributed by atoms with van der Waals surface area (Å²) in [6, 6.07) is 19.1. The fourth-order valence-electron chi connectivity index (χ4n) is 4.13. The molecule has 0 bridgehead atoms. The number of rotatable bonds is 9. The number of aryl methyl sites for hydroxylation is 1. The molecule has 0 radical (unpaired) electrons. The zero-order chi connectivity index (χ0) is 19.0. The van der Waals surface area contributed by atoms with Crippen LogP contribution in [0.1, 0.15) is 37.3 Å². The van der Waals surface area contributed by atoms with E-state index in [1.807, 2.05) is 12.1 Å². The third-order valence-corrected chi connectivity index (χ3v) is 6.07. The number of hydrogen-bond acceptors (Lipinski definition) is 3. The van der Waals surface area contributed by atoms with Gasteiger partial charge in [-0.1, -0.05) is 48.5 Å². The van der Waals surface area contributed by atoms with Gasteiger partial charge in [-0.15, -0.1) is 0 Å². The second kappa shape index (κ2) is 9.91. The summed E-state index contributed by atoms with van der Waals surface area (Å²) in [5.74, 6) is 0. The molecule has 0 amide bonds. The van der Waals surface area contributed by atoms with Crippen molar-refractivity contribution >= 4 is 5.69 Å². The van der Waals surface area contributed by atoms with Crippen molar-refractivity contribution in [3.63, 3.8) is 0 Å². The van der Waals surface area contributed by atoms with E-state index in [0.29, 0.717) is 5.41 Å². The van der Waals surface area contributed by atoms with Gasteiger partial charge < -0.3 is 15.4 Å². The minimum Gasteiger partial charge on any atom is -0.399 e. The van der Waals surface area contributed by atoms with E-state index in [1.54, 1.807) is 0 Å². The van der Waals surface area contributed by atoms with E-state index < -0.39 is 0 Å². The summed E-state index contributed by atoms with van der Waals surface area (Å²) < 4.78 is 5.91. The first-order chi connectivity index (χ1) is 13.2. The van der Waals surface area contributed by atoms with Crippen LogP contribution in [0.15, 0.2) is 54.6 Å². The summed E-state index contributed by atoms with van der Waals surface area (Å²) in [6.07, 6.45) is 5.86. The van der Waals surface area contributed by atoms with Crippen LogP contribution in [-0.4, -0.2) is 37.7 Å². The van der Waals surface area contributed by atoms with Gasteiger partial charge in [0.15, 0.2) is 0 Å². The van der Waals surface area contributed by atoms with Crippen LogP contribution in [0.5, 0.6) is 0 Å². The second-order valence-electron chi connectivity index (χ2n) is 7.91. The molecule has 27 heavy (non-hydrogen) atoms. The fraction of sp³-hybridized carbons (Fsp3) is 0.500. The van der Waals surface area contributed by atoms with Gasteiger partial charge in [-0.3, -0.25) is 0 Å². The van der Waals surface area contributed by atoms with Crippen LogP contribution in [0.2, 0.25) is 0 Å². The largest absolute Gasteiger partial charge is 0.399 e. The predicted molar refractivity (Wildman–Crippen MR) is 114 cm³/mol. The average Bonchev–Trinajstić information content (AvgIpc) is 2.72. The molecule has 1 heterocycles. The van der Waals surface area contributed by atoms with Gasteiger partial charge in [0, 0.05) is 18.8 Å². The van der Waals surface area contributed by atoms with Crippen LogP contribution < -0.4 is 5.73 Å². The summed E-state index contributed by atoms with van der Waals surface area (Å²) in [7, 11) is 0. The number of nitrogens with two attached hydrogens (primary N) is 1. The molecule has 0 aliphatic carbocycles. The van der Waals surface area contributed by atoms with Gasteiger partial charge in [-0.25, -0.2) is 0 Å². The number of likely N-dealkylation sites (tertiary alicyclic amines) is 1. The summed E-state index contributed by atoms with van der Waals surface area (Å²) in [5, 5.41) is 0. The van der Waals surface area contributed by atoms with Crippen LogP contribution in [0.25, 0.3) is 0 Å². The summed E-state index contributed by atoms with van der Waals surface area (Å²) in [4.78, 5) is 2.60. The Labute approximate surface area is 164 Å². The minimum atomic E-state index is 0.328. The van der Waals surface area contributed by atoms with Crippen LogP contribution >= 0.6 is 0 Å². The molecule has 0 aromatic heterocycles. The van der Waals surface area contributed by atoms with Crippen molar-refractivity contribution in [2.75, 3.05) is 38.6 Å². The lowest BCUT2D eigenvalue weighted by molar-refractivity contribution is -0.000408. The molecule has 1 aliphatic heterocycles. The zero-order valence-electron chi connectivity index (χ0n) is 16.7. The first kappa shape index (κ1) is 19.9. The summed E-state index contributed by atoms with van der Waals surface area (Å²) in [5.41, 5.74) is 10.1. The zero-order valence-corrected chi connectivity index (χ0v) is 16.7. The Hall–Kier alpha value is -1.84. The lowest BCUT2D eigenvalue weighted by Crippen LogP contribution is -2.43. The molecule has 3 rings (SSSR count). The van der Waals surface area contributed by atoms with Gasteiger partial charge in [-0.05, 0) is 74.7 Å². The number of ether oxygens (including phenoxy) is 1. The Morgan fingerprint density at radius 1 is 0.963 bits per heavy atom. The Bertz CT molecular complexity index is 678. The number of para-hydroxylation sites is 1. The van der Waals surface area contributed by atoms with Crippen molar-refractivity contribution < 1.29 is 4.74 Å². The number of nitrogen functional groups attached to an aromatic ring is 1. The highest BCUT2D eigenvalue weighted by Crippen LogP contribution is 2.36. The van der Waals surface area contributed by atoms with Gasteiger partial charge in [0.2, 0.25) is 0 Å². The third kappa shape index (κ3) is 5.82. The lowest BCUT2D eigenvalue weighted by Gasteiger charge is -2.42. The molecule has 1 fully saturated rings. The van der Waals surface area contributed by atoms with Crippen LogP contribution in [0.4, 0.5) is 5.69 Å². The van der Waals surface area contributed by atoms with E-state index in [0.717, 1.165) is 51.4 Å². The molecule has 146 valence electrons. The highest BCUT2D eigenvalue weighted by Gasteiger charge is 2.34. The molecule has 0 atom stereocenters. The quantitative estimate of drug-likeness (QED) is 0.661. The van der Waals surface area contributed by atoms with E-state index in [4.69, 9.17) is 10.5 Å². The SMILES string of the molecule is CCOCC1(CCc2ccccc2)CCN(CCc2ccccc2N)CC1. The van der Waals surface area contributed by atoms with E-state index in [9.17, 15) is 0 Å². The van der Waals surface area contributed by atoms with E-state index >= 15 is 0 Å². The molecule has 1 saturated heterocycles. The number of piperidine rings is 1. The second-order valence-corrected chi connectivity index (χ2v) is 7.91. The Balaban J connectivity index is 1.52. The lowest BCUT2D eigenvalue weighted by atomic mass is 9.74. The molecule has 0 spiro atoms. The normalized spacial score (nSPS) is 17.1. The molecule has 3 nitrogen and oxygen atoms in total. The summed E-state index contributed by atoms with van der Waals surface area (Å²) in [6.45, 7) is 7.23. The fourth-order valence-corrected chi connectivity index (χ4v) is 4.13. The molecular weight excluding hydrogens is 332 g/mol. The van der Waals surface area contributed by atoms with Crippen LogP contribution in [-0.2, 0) is 17.6 Å². The van der Waals surface area contributed by atoms with Crippen molar-refractivity contribution in [1.29, 1.82) is 0 Å². The van der Waals surface area contributed by atoms with Gasteiger partial charge >= 0.3 is 0 Å². The predicted octanol–water partition coefficient (Wildman–Crippen LogP) is 4.56. The first-order valence-electron chi connectivity index (χ1n) is 10.4. The minimum absolute atomic E-state index is 0.328. The van der Waals surface area contributed by atoms with Crippen molar-refractivity contribution in [1.82, 2.24) is 4.90 Å². The van der Waals surface area contributed by atoms with Gasteiger partial charge in [0.1, 0.15) is 0 Å². The van der Waals surface area contributed by atoms with Gasteiger partial charge in [-0.2, -0.15) is 0 Å². The molecule has 0 unspecified atom stereocenters. The van der Waals surface area contributed by atoms with E-state index in [1.165, 1.54) is 30.4 Å². The van der Waals surface area contributed by atoms with Crippen LogP contribution in [0, 0.1) is 5.41 Å². The maximum Gasteiger partial charge on any atom is 0.0523 e. The highest BCUT2D eigenvalue weighted by atomic mass is 16.5. The maximum atomic E-state index is 6.09. The monoisotopic (exact) mass is 366 g/mol. The average molecular weight is 367 g/mol. The first-order valence-corrected chi connectivity index (χ1v) is 10.4. The molecule has 1 aliphatic rings. The standard InChI is InChI=1S/C24H34N2O/c1-2-27-20-24(14-12-21-8-4-3-5-9-21)15-18-26(19-16-24)17-13-22-10-6-7-11-23(22)25/h3-11H,2,12-20,25H2,1H3. The highest BCUT2D eigenvalue weighted by molar-refractivity contribution is 5.46. The van der Waals surface area contributed by atoms with E-state index in [-0.39, 0.29) is 0 Å². The Morgan fingerprint density at radius 3 is 2.37 bits per heavy atom. The number of hydrogen-bond donors (Lipinski definition) is 1. The topological polar surface area (TPSA) is 38.5 Å². The molecule has 0 saturated carbocycles. The van der Waals surface area contributed by atoms with E-state index in [2.05, 4.69) is 54.3 Å². The molecule has 2 aromatic carbocycles.